The number of benzene rings is 1. The lowest BCUT2D eigenvalue weighted by atomic mass is 9.95. The molecule has 0 atom stereocenters. The molecule has 1 aromatic carbocycles. The van der Waals surface area contributed by atoms with Gasteiger partial charge in [-0.2, -0.15) is 0 Å². The summed E-state index contributed by atoms with van der Waals surface area (Å²) in [4.78, 5) is 19.2. The molecule has 1 aromatic heterocycles. The van der Waals surface area contributed by atoms with E-state index >= 15 is 0 Å². The van der Waals surface area contributed by atoms with Crippen LogP contribution in [0.4, 0.5) is 10.1 Å². The normalized spacial score (nSPS) is 16.0. The van der Waals surface area contributed by atoms with E-state index in [4.69, 9.17) is 4.74 Å². The van der Waals surface area contributed by atoms with E-state index in [9.17, 15) is 9.18 Å². The van der Waals surface area contributed by atoms with E-state index in [0.29, 0.717) is 11.4 Å². The van der Waals surface area contributed by atoms with Gasteiger partial charge in [0.1, 0.15) is 17.4 Å². The molecule has 1 aliphatic heterocycles. The number of nitrogens with zero attached hydrogens (tertiary/aromatic N) is 3. The van der Waals surface area contributed by atoms with Gasteiger partial charge in [0.25, 0.3) is 0 Å². The van der Waals surface area contributed by atoms with E-state index in [0.717, 1.165) is 38.3 Å². The van der Waals surface area contributed by atoms with Crippen LogP contribution in [0.1, 0.15) is 18.7 Å². The number of ether oxygens (including phenoxy) is 1. The zero-order valence-corrected chi connectivity index (χ0v) is 14.5. The van der Waals surface area contributed by atoms with Crippen LogP contribution >= 0.6 is 0 Å². The number of hydrogen-bond donors (Lipinski definition) is 1. The minimum atomic E-state index is -0.391. The van der Waals surface area contributed by atoms with Crippen LogP contribution in [0.5, 0.6) is 5.75 Å². The smallest absolute Gasteiger partial charge is 0.227 e. The lowest BCUT2D eigenvalue weighted by Crippen LogP contribution is -2.38. The topological polar surface area (TPSA) is 59.4 Å². The monoisotopic (exact) mass is 346 g/mol. The Hall–Kier alpha value is -2.41. The zero-order valence-electron chi connectivity index (χ0n) is 14.5. The fraction of sp³-hybridized carbons (Fsp3) is 0.444. The first kappa shape index (κ1) is 17.4. The van der Waals surface area contributed by atoms with Gasteiger partial charge >= 0.3 is 0 Å². The number of likely N-dealkylation sites (tertiary alicyclic amines) is 1. The number of nitrogens with one attached hydrogen (secondary N) is 1. The van der Waals surface area contributed by atoms with E-state index < -0.39 is 5.82 Å². The van der Waals surface area contributed by atoms with E-state index in [1.807, 2.05) is 17.8 Å². The highest BCUT2D eigenvalue weighted by Crippen LogP contribution is 2.27. The minimum Gasteiger partial charge on any atom is -0.494 e. The van der Waals surface area contributed by atoms with Crippen LogP contribution in [0.15, 0.2) is 30.6 Å². The van der Waals surface area contributed by atoms with Crippen molar-refractivity contribution < 1.29 is 13.9 Å². The van der Waals surface area contributed by atoms with E-state index in [-0.39, 0.29) is 11.8 Å². The Bertz CT molecular complexity index is 738. The maximum absolute atomic E-state index is 13.2. The number of methoxy groups -OCH3 is 1. The Labute approximate surface area is 146 Å². The summed E-state index contributed by atoms with van der Waals surface area (Å²) >= 11 is 0. The van der Waals surface area contributed by atoms with Gasteiger partial charge in [-0.05, 0) is 38.1 Å². The highest BCUT2D eigenvalue weighted by molar-refractivity contribution is 5.94. The van der Waals surface area contributed by atoms with Gasteiger partial charge in [0.15, 0.2) is 0 Å². The SMILES string of the molecule is COc1cc(F)ccc1NC(=O)C1CCN(Cc2nccn2C)CC1. The quantitative estimate of drug-likeness (QED) is 0.903. The average Bonchev–Trinajstić information content (AvgIpc) is 3.02. The molecule has 0 radical (unpaired) electrons. The number of imidazole rings is 1. The van der Waals surface area contributed by atoms with Gasteiger partial charge in [-0.1, -0.05) is 0 Å². The molecule has 2 aromatic rings. The van der Waals surface area contributed by atoms with Gasteiger partial charge in [-0.25, -0.2) is 9.37 Å². The minimum absolute atomic E-state index is 0.0402. The molecule has 1 saturated heterocycles. The number of carbonyl (C=O) groups is 1. The number of aryl methyl sites for hydroxylation is 1. The summed E-state index contributed by atoms with van der Waals surface area (Å²) < 4.78 is 20.4. The Morgan fingerprint density at radius 2 is 2.16 bits per heavy atom. The fourth-order valence-electron chi connectivity index (χ4n) is 3.11. The molecule has 0 unspecified atom stereocenters. The summed E-state index contributed by atoms with van der Waals surface area (Å²) in [6, 6.07) is 4.11. The third-order valence-corrected chi connectivity index (χ3v) is 4.67. The van der Waals surface area contributed by atoms with Gasteiger partial charge in [0.2, 0.25) is 5.91 Å². The van der Waals surface area contributed by atoms with Crippen LogP contribution < -0.4 is 10.1 Å². The van der Waals surface area contributed by atoms with Crippen molar-refractivity contribution in [1.82, 2.24) is 14.5 Å². The molecule has 1 N–H and O–H groups in total. The zero-order chi connectivity index (χ0) is 17.8. The van der Waals surface area contributed by atoms with Gasteiger partial charge in [0.05, 0.1) is 19.3 Å². The van der Waals surface area contributed by atoms with Crippen molar-refractivity contribution in [1.29, 1.82) is 0 Å². The molecular formula is C18H23FN4O2. The number of halogens is 1. The highest BCUT2D eigenvalue weighted by Gasteiger charge is 2.26. The molecule has 3 rings (SSSR count). The second kappa shape index (κ2) is 7.65. The number of carbonyl (C=O) groups excluding carboxylic acids is 1. The van der Waals surface area contributed by atoms with Crippen molar-refractivity contribution in [2.45, 2.75) is 19.4 Å². The molecule has 0 saturated carbocycles. The predicted molar refractivity (Wildman–Crippen MR) is 92.8 cm³/mol. The molecule has 0 spiro atoms. The van der Waals surface area contributed by atoms with Crippen molar-refractivity contribution in [2.75, 3.05) is 25.5 Å². The maximum atomic E-state index is 13.2. The molecule has 25 heavy (non-hydrogen) atoms. The third-order valence-electron chi connectivity index (χ3n) is 4.67. The molecule has 2 heterocycles. The maximum Gasteiger partial charge on any atom is 0.227 e. The van der Waals surface area contributed by atoms with Crippen LogP contribution in [-0.4, -0.2) is 40.6 Å². The lowest BCUT2D eigenvalue weighted by Gasteiger charge is -2.31. The van der Waals surface area contributed by atoms with E-state index in [1.165, 1.54) is 25.3 Å². The Morgan fingerprint density at radius 3 is 2.80 bits per heavy atom. The first-order valence-electron chi connectivity index (χ1n) is 8.40. The molecule has 0 bridgehead atoms. The van der Waals surface area contributed by atoms with Crippen LogP contribution in [0.3, 0.4) is 0 Å². The van der Waals surface area contributed by atoms with E-state index in [2.05, 4.69) is 15.2 Å². The number of aromatic nitrogens is 2. The second-order valence-electron chi connectivity index (χ2n) is 6.34. The summed E-state index contributed by atoms with van der Waals surface area (Å²) in [5, 5.41) is 2.86. The molecule has 1 fully saturated rings. The van der Waals surface area contributed by atoms with Crippen molar-refractivity contribution in [3.05, 3.63) is 42.2 Å². The number of piperidine rings is 1. The van der Waals surface area contributed by atoms with Crippen molar-refractivity contribution in [3.63, 3.8) is 0 Å². The van der Waals surface area contributed by atoms with Crippen molar-refractivity contribution in [2.24, 2.45) is 13.0 Å². The Kier molecular flexibility index (Phi) is 5.33. The predicted octanol–water partition coefficient (Wildman–Crippen LogP) is 2.42. The third kappa shape index (κ3) is 4.17. The highest BCUT2D eigenvalue weighted by atomic mass is 19.1. The van der Waals surface area contributed by atoms with E-state index in [1.54, 1.807) is 6.20 Å². The van der Waals surface area contributed by atoms with Gasteiger partial charge < -0.3 is 14.6 Å². The summed E-state index contributed by atoms with van der Waals surface area (Å²) in [7, 11) is 3.44. The van der Waals surface area contributed by atoms with Crippen molar-refractivity contribution in [3.8, 4) is 5.75 Å². The first-order valence-corrected chi connectivity index (χ1v) is 8.40. The van der Waals surface area contributed by atoms with Gasteiger partial charge in [-0.15, -0.1) is 0 Å². The molecule has 1 aliphatic rings. The molecule has 134 valence electrons. The molecule has 1 amide bonds. The van der Waals surface area contributed by atoms with Gasteiger partial charge in [0, 0.05) is 31.4 Å². The summed E-state index contributed by atoms with van der Waals surface area (Å²) in [5.74, 6) is 0.880. The summed E-state index contributed by atoms with van der Waals surface area (Å²) in [5.41, 5.74) is 0.504. The van der Waals surface area contributed by atoms with Gasteiger partial charge in [-0.3, -0.25) is 9.69 Å². The fourth-order valence-corrected chi connectivity index (χ4v) is 3.11. The van der Waals surface area contributed by atoms with Crippen LogP contribution in [0.2, 0.25) is 0 Å². The van der Waals surface area contributed by atoms with Crippen LogP contribution in [0, 0.1) is 11.7 Å². The summed E-state index contributed by atoms with van der Waals surface area (Å²) in [6.45, 7) is 2.50. The number of anilines is 1. The lowest BCUT2D eigenvalue weighted by molar-refractivity contribution is -0.121. The molecule has 7 heteroatoms. The number of amides is 1. The van der Waals surface area contributed by atoms with Crippen LogP contribution in [-0.2, 0) is 18.4 Å². The first-order chi connectivity index (χ1) is 12.1. The Morgan fingerprint density at radius 1 is 1.40 bits per heavy atom. The Balaban J connectivity index is 1.54. The average molecular weight is 346 g/mol. The second-order valence-corrected chi connectivity index (χ2v) is 6.34. The number of rotatable bonds is 5. The number of hydrogen-bond acceptors (Lipinski definition) is 4. The summed E-state index contributed by atoms with van der Waals surface area (Å²) in [6.07, 6.45) is 5.32. The molecule has 0 aliphatic carbocycles. The standard InChI is InChI=1S/C18H23FN4O2/c1-22-10-7-20-17(22)12-23-8-5-13(6-9-23)18(24)21-15-4-3-14(19)11-16(15)25-2/h3-4,7,10-11,13H,5-6,8-9,12H2,1-2H3,(H,21,24). The molecular weight excluding hydrogens is 323 g/mol. The van der Waals surface area contributed by atoms with Crippen LogP contribution in [0.25, 0.3) is 0 Å². The molecule has 6 nitrogen and oxygen atoms in total. The largest absolute Gasteiger partial charge is 0.494 e. The van der Waals surface area contributed by atoms with Crippen molar-refractivity contribution >= 4 is 11.6 Å².